The highest BCUT2D eigenvalue weighted by Crippen LogP contribution is 2.24. The number of phenols is 1. The second-order valence-electron chi connectivity index (χ2n) is 4.41. The largest absolute Gasteiger partial charge is 0.508 e. The number of hydrogen-bond donors (Lipinski definition) is 1. The van der Waals surface area contributed by atoms with Crippen molar-refractivity contribution in [2.24, 2.45) is 0 Å². The molecule has 0 bridgehead atoms. The molecule has 96 valence electrons. The molecule has 0 saturated carbocycles. The van der Waals surface area contributed by atoms with Gasteiger partial charge in [-0.25, -0.2) is 0 Å². The van der Waals surface area contributed by atoms with Gasteiger partial charge in [-0.05, 0) is 42.0 Å². The Hall–Kier alpha value is -2.49. The van der Waals surface area contributed by atoms with Gasteiger partial charge in [-0.15, -0.1) is 0 Å². The number of fused-ring (bicyclic) bond motifs is 1. The molecule has 1 heterocycles. The van der Waals surface area contributed by atoms with E-state index in [-0.39, 0.29) is 5.75 Å². The average Bonchev–Trinajstić information content (AvgIpc) is 2.81. The van der Waals surface area contributed by atoms with E-state index in [2.05, 4.69) is 5.16 Å². The molecular formula is C15H13NO3. The van der Waals surface area contributed by atoms with Gasteiger partial charge in [-0.2, -0.15) is 0 Å². The van der Waals surface area contributed by atoms with Gasteiger partial charge in [-0.3, -0.25) is 0 Å². The van der Waals surface area contributed by atoms with E-state index in [1.54, 1.807) is 12.1 Å². The normalized spacial score (nSPS) is 10.8. The minimum atomic E-state index is 0.247. The van der Waals surface area contributed by atoms with E-state index >= 15 is 0 Å². The highest BCUT2D eigenvalue weighted by Gasteiger charge is 2.03. The summed E-state index contributed by atoms with van der Waals surface area (Å²) in [5, 5.41) is 15.3. The molecule has 3 aromatic rings. The third-order valence-corrected chi connectivity index (χ3v) is 2.86. The van der Waals surface area contributed by atoms with E-state index in [1.165, 1.54) is 0 Å². The van der Waals surface area contributed by atoms with Crippen molar-refractivity contribution in [1.82, 2.24) is 5.16 Å². The molecule has 0 fully saturated rings. The smallest absolute Gasteiger partial charge is 0.134 e. The SMILES string of the molecule is Cc1cc(COc2ccc3ccc(O)cc3c2)no1. The van der Waals surface area contributed by atoms with Crippen LogP contribution in [0.2, 0.25) is 0 Å². The lowest BCUT2D eigenvalue weighted by Gasteiger charge is -2.05. The number of rotatable bonds is 3. The first-order valence-corrected chi connectivity index (χ1v) is 5.98. The molecule has 4 nitrogen and oxygen atoms in total. The summed E-state index contributed by atoms with van der Waals surface area (Å²) in [4.78, 5) is 0. The molecule has 0 amide bonds. The standard InChI is InChI=1S/C15H13NO3/c1-10-6-13(16-19-10)9-18-15-5-3-11-2-4-14(17)7-12(11)8-15/h2-8,17H,9H2,1H3. The number of aryl methyl sites for hydroxylation is 1. The number of nitrogens with zero attached hydrogens (tertiary/aromatic N) is 1. The first-order chi connectivity index (χ1) is 9.20. The average molecular weight is 255 g/mol. The molecule has 0 spiro atoms. The molecule has 0 radical (unpaired) electrons. The quantitative estimate of drug-likeness (QED) is 0.779. The minimum Gasteiger partial charge on any atom is -0.508 e. The van der Waals surface area contributed by atoms with Crippen LogP contribution in [-0.2, 0) is 6.61 Å². The van der Waals surface area contributed by atoms with Crippen LogP contribution in [0.25, 0.3) is 10.8 Å². The first kappa shape index (κ1) is 11.6. The van der Waals surface area contributed by atoms with Crippen molar-refractivity contribution < 1.29 is 14.4 Å². The summed E-state index contributed by atoms with van der Waals surface area (Å²) in [6.07, 6.45) is 0. The Morgan fingerprint density at radius 2 is 1.95 bits per heavy atom. The van der Waals surface area contributed by atoms with Crippen molar-refractivity contribution in [2.75, 3.05) is 0 Å². The van der Waals surface area contributed by atoms with Crippen LogP contribution in [0.1, 0.15) is 11.5 Å². The maximum Gasteiger partial charge on any atom is 0.134 e. The third-order valence-electron chi connectivity index (χ3n) is 2.86. The molecule has 1 aromatic heterocycles. The predicted molar refractivity (Wildman–Crippen MR) is 71.2 cm³/mol. The molecule has 0 unspecified atom stereocenters. The molecule has 0 aliphatic carbocycles. The van der Waals surface area contributed by atoms with E-state index in [0.29, 0.717) is 6.61 Å². The Bertz CT molecular complexity index is 718. The van der Waals surface area contributed by atoms with Crippen LogP contribution < -0.4 is 4.74 Å². The van der Waals surface area contributed by atoms with Crippen molar-refractivity contribution >= 4 is 10.8 Å². The fourth-order valence-corrected chi connectivity index (χ4v) is 1.95. The van der Waals surface area contributed by atoms with Gasteiger partial charge in [0.15, 0.2) is 0 Å². The predicted octanol–water partition coefficient (Wildman–Crippen LogP) is 3.42. The minimum absolute atomic E-state index is 0.247. The summed E-state index contributed by atoms with van der Waals surface area (Å²) >= 11 is 0. The van der Waals surface area contributed by atoms with Crippen LogP contribution in [0.5, 0.6) is 11.5 Å². The number of phenolic OH excluding ortho intramolecular Hbond substituents is 1. The van der Waals surface area contributed by atoms with Crippen LogP contribution in [-0.4, -0.2) is 10.3 Å². The van der Waals surface area contributed by atoms with Gasteiger partial charge in [0, 0.05) is 6.07 Å². The summed E-state index contributed by atoms with van der Waals surface area (Å²) in [6.45, 7) is 2.21. The van der Waals surface area contributed by atoms with E-state index in [4.69, 9.17) is 9.26 Å². The summed E-state index contributed by atoms with van der Waals surface area (Å²) in [6, 6.07) is 12.8. The number of aromatic nitrogens is 1. The maximum absolute atomic E-state index is 9.47. The lowest BCUT2D eigenvalue weighted by atomic mass is 10.1. The molecule has 19 heavy (non-hydrogen) atoms. The van der Waals surface area contributed by atoms with Gasteiger partial charge in [0.25, 0.3) is 0 Å². The Morgan fingerprint density at radius 3 is 2.74 bits per heavy atom. The summed E-state index contributed by atoms with van der Waals surface area (Å²) < 4.78 is 10.6. The third kappa shape index (κ3) is 2.52. The van der Waals surface area contributed by atoms with Crippen molar-refractivity contribution in [3.05, 3.63) is 53.9 Å². The summed E-state index contributed by atoms with van der Waals surface area (Å²) in [5.74, 6) is 1.75. The highest BCUT2D eigenvalue weighted by molar-refractivity contribution is 5.85. The molecule has 1 N–H and O–H groups in total. The van der Waals surface area contributed by atoms with E-state index in [0.717, 1.165) is 28.0 Å². The highest BCUT2D eigenvalue weighted by atomic mass is 16.5. The molecule has 0 saturated heterocycles. The van der Waals surface area contributed by atoms with Crippen LogP contribution in [0.4, 0.5) is 0 Å². The lowest BCUT2D eigenvalue weighted by Crippen LogP contribution is -1.95. The van der Waals surface area contributed by atoms with E-state index in [1.807, 2.05) is 37.3 Å². The summed E-state index contributed by atoms with van der Waals surface area (Å²) in [5.41, 5.74) is 0.758. The van der Waals surface area contributed by atoms with Crippen LogP contribution >= 0.6 is 0 Å². The Morgan fingerprint density at radius 1 is 1.11 bits per heavy atom. The number of hydrogen-bond acceptors (Lipinski definition) is 4. The molecule has 3 rings (SSSR count). The topological polar surface area (TPSA) is 55.5 Å². The summed E-state index contributed by atoms with van der Waals surface area (Å²) in [7, 11) is 0. The Kier molecular flexibility index (Phi) is 2.83. The van der Waals surface area contributed by atoms with Gasteiger partial charge in [-0.1, -0.05) is 17.3 Å². The number of benzene rings is 2. The maximum atomic E-state index is 9.47. The molecule has 0 aliphatic rings. The molecule has 0 aliphatic heterocycles. The second kappa shape index (κ2) is 4.65. The second-order valence-corrected chi connectivity index (χ2v) is 4.41. The molecule has 2 aromatic carbocycles. The Balaban J connectivity index is 1.81. The lowest BCUT2D eigenvalue weighted by molar-refractivity contribution is 0.288. The number of aromatic hydroxyl groups is 1. The van der Waals surface area contributed by atoms with Gasteiger partial charge in [0.05, 0.1) is 0 Å². The zero-order valence-corrected chi connectivity index (χ0v) is 10.5. The van der Waals surface area contributed by atoms with Gasteiger partial charge in [0.1, 0.15) is 29.6 Å². The fraction of sp³-hybridized carbons (Fsp3) is 0.133. The van der Waals surface area contributed by atoms with Crippen LogP contribution in [0.3, 0.4) is 0 Å². The van der Waals surface area contributed by atoms with Crippen molar-refractivity contribution in [1.29, 1.82) is 0 Å². The van der Waals surface area contributed by atoms with Gasteiger partial charge < -0.3 is 14.4 Å². The number of ether oxygens (including phenoxy) is 1. The monoisotopic (exact) mass is 255 g/mol. The van der Waals surface area contributed by atoms with Crippen LogP contribution in [0.15, 0.2) is 47.0 Å². The molecular weight excluding hydrogens is 242 g/mol. The van der Waals surface area contributed by atoms with E-state index in [9.17, 15) is 5.11 Å². The fourth-order valence-electron chi connectivity index (χ4n) is 1.95. The molecule has 4 heteroatoms. The van der Waals surface area contributed by atoms with Crippen molar-refractivity contribution in [2.45, 2.75) is 13.5 Å². The zero-order valence-electron chi connectivity index (χ0n) is 10.5. The zero-order chi connectivity index (χ0) is 13.2. The first-order valence-electron chi connectivity index (χ1n) is 5.98. The Labute approximate surface area is 110 Å². The van der Waals surface area contributed by atoms with Gasteiger partial charge in [0.2, 0.25) is 0 Å². The van der Waals surface area contributed by atoms with Crippen molar-refractivity contribution in [3.63, 3.8) is 0 Å². The van der Waals surface area contributed by atoms with E-state index < -0.39 is 0 Å². The van der Waals surface area contributed by atoms with Crippen molar-refractivity contribution in [3.8, 4) is 11.5 Å². The molecule has 0 atom stereocenters. The van der Waals surface area contributed by atoms with Crippen LogP contribution in [0, 0.1) is 6.92 Å². The van der Waals surface area contributed by atoms with Gasteiger partial charge >= 0.3 is 0 Å².